The molecule has 0 spiro atoms. The molecule has 0 N–H and O–H groups in total. The van der Waals surface area contributed by atoms with Crippen LogP contribution in [0.1, 0.15) is 31.0 Å². The summed E-state index contributed by atoms with van der Waals surface area (Å²) in [5, 5.41) is 11.1. The molecular weight excluding hydrogens is 458 g/mol. The first kappa shape index (κ1) is 23.1. The van der Waals surface area contributed by atoms with Gasteiger partial charge in [0.25, 0.3) is 11.2 Å². The molecule has 1 atom stereocenters. The Bertz CT molecular complexity index is 1480. The van der Waals surface area contributed by atoms with Crippen LogP contribution in [0.3, 0.4) is 0 Å². The number of thiazole rings is 1. The number of nitrogens with zero attached hydrogens (tertiary/aromatic N) is 3. The molecule has 0 saturated heterocycles. The minimum Gasteiger partial charge on any atom is -0.494 e. The van der Waals surface area contributed by atoms with Crippen molar-refractivity contribution in [1.82, 2.24) is 4.57 Å². The number of hydrogen-bond donors (Lipinski definition) is 0. The molecule has 4 rings (SSSR count). The van der Waals surface area contributed by atoms with E-state index in [0.29, 0.717) is 38.5 Å². The van der Waals surface area contributed by atoms with Gasteiger partial charge in [-0.3, -0.25) is 19.5 Å². The molecule has 1 aliphatic heterocycles. The molecule has 1 aliphatic rings. The molecular formula is C24H21N3O6S. The smallest absolute Gasteiger partial charge is 0.338 e. The second-order valence-electron chi connectivity index (χ2n) is 7.43. The number of nitro benzene ring substituents is 1. The number of esters is 1. The summed E-state index contributed by atoms with van der Waals surface area (Å²) in [6.45, 7) is 4.10. The first-order valence-electron chi connectivity index (χ1n) is 10.4. The molecule has 2 aromatic carbocycles. The normalized spacial score (nSPS) is 15.5. The molecule has 3 aromatic rings. The van der Waals surface area contributed by atoms with E-state index in [4.69, 9.17) is 9.47 Å². The highest BCUT2D eigenvalue weighted by molar-refractivity contribution is 7.07. The van der Waals surface area contributed by atoms with Gasteiger partial charge in [-0.15, -0.1) is 0 Å². The van der Waals surface area contributed by atoms with Gasteiger partial charge in [0, 0.05) is 12.1 Å². The SMILES string of the molecule is CCOc1ccc(C2C(C(=O)OC)=C(C)N=c3sc(=Cc4cccc([N+](=O)[O-])c4)c(=O)n32)cc1. The van der Waals surface area contributed by atoms with Crippen LogP contribution in [0.15, 0.2) is 69.6 Å². The highest BCUT2D eigenvalue weighted by Gasteiger charge is 2.33. The van der Waals surface area contributed by atoms with E-state index in [1.54, 1.807) is 49.4 Å². The van der Waals surface area contributed by atoms with Gasteiger partial charge in [0.2, 0.25) is 0 Å². The van der Waals surface area contributed by atoms with Crippen LogP contribution in [-0.2, 0) is 9.53 Å². The molecule has 1 aromatic heterocycles. The maximum Gasteiger partial charge on any atom is 0.338 e. The number of aromatic nitrogens is 1. The average Bonchev–Trinajstić information content (AvgIpc) is 3.13. The van der Waals surface area contributed by atoms with Gasteiger partial charge in [0.15, 0.2) is 4.80 Å². The molecule has 0 aliphatic carbocycles. The standard InChI is InChI=1S/C24H21N3O6S/c1-4-33-18-10-8-16(9-11-18)21-20(23(29)32-3)14(2)25-24-26(21)22(28)19(34-24)13-15-6-5-7-17(12-15)27(30)31/h5-13,21H,4H2,1-3H3. The van der Waals surface area contributed by atoms with E-state index in [1.165, 1.54) is 23.8 Å². The molecule has 2 heterocycles. The highest BCUT2D eigenvalue weighted by Crippen LogP contribution is 2.31. The maximum atomic E-state index is 13.5. The van der Waals surface area contributed by atoms with Crippen LogP contribution >= 0.6 is 11.3 Å². The summed E-state index contributed by atoms with van der Waals surface area (Å²) < 4.78 is 12.3. The van der Waals surface area contributed by atoms with E-state index >= 15 is 0 Å². The molecule has 0 bridgehead atoms. The number of carbonyl (C=O) groups is 1. The third-order valence-electron chi connectivity index (χ3n) is 5.31. The minimum atomic E-state index is -0.744. The van der Waals surface area contributed by atoms with Crippen molar-refractivity contribution in [3.05, 3.63) is 101 Å². The quantitative estimate of drug-likeness (QED) is 0.305. The second-order valence-corrected chi connectivity index (χ2v) is 8.44. The average molecular weight is 480 g/mol. The molecule has 10 heteroatoms. The summed E-state index contributed by atoms with van der Waals surface area (Å²) in [4.78, 5) is 41.7. The number of fused-ring (bicyclic) bond motifs is 1. The van der Waals surface area contributed by atoms with E-state index in [1.807, 2.05) is 6.92 Å². The zero-order chi connectivity index (χ0) is 24.4. The lowest BCUT2D eigenvalue weighted by molar-refractivity contribution is -0.384. The molecule has 174 valence electrons. The van der Waals surface area contributed by atoms with Gasteiger partial charge in [-0.2, -0.15) is 0 Å². The first-order valence-corrected chi connectivity index (χ1v) is 11.2. The van der Waals surface area contributed by atoms with E-state index < -0.39 is 16.9 Å². The molecule has 0 saturated carbocycles. The second kappa shape index (κ2) is 9.44. The van der Waals surface area contributed by atoms with Crippen molar-refractivity contribution in [3.63, 3.8) is 0 Å². The van der Waals surface area contributed by atoms with E-state index in [-0.39, 0.29) is 16.8 Å². The third kappa shape index (κ3) is 4.27. The number of methoxy groups -OCH3 is 1. The summed E-state index contributed by atoms with van der Waals surface area (Å²) in [6.07, 6.45) is 1.59. The summed E-state index contributed by atoms with van der Waals surface area (Å²) in [5.74, 6) is 0.0951. The summed E-state index contributed by atoms with van der Waals surface area (Å²) in [6, 6.07) is 12.4. The number of allylic oxidation sites excluding steroid dienone is 1. The van der Waals surface area contributed by atoms with Crippen molar-refractivity contribution in [2.45, 2.75) is 19.9 Å². The Balaban J connectivity index is 1.91. The lowest BCUT2D eigenvalue weighted by Gasteiger charge is -2.24. The Labute approximate surface area is 198 Å². The van der Waals surface area contributed by atoms with Crippen LogP contribution in [0.4, 0.5) is 5.69 Å². The topological polar surface area (TPSA) is 113 Å². The molecule has 0 amide bonds. The van der Waals surface area contributed by atoms with Crippen LogP contribution < -0.4 is 19.6 Å². The van der Waals surface area contributed by atoms with E-state index in [2.05, 4.69) is 4.99 Å². The van der Waals surface area contributed by atoms with Crippen LogP contribution in [0.5, 0.6) is 5.75 Å². The van der Waals surface area contributed by atoms with Gasteiger partial charge in [-0.1, -0.05) is 35.6 Å². The van der Waals surface area contributed by atoms with Gasteiger partial charge in [0.05, 0.1) is 40.5 Å². The molecule has 34 heavy (non-hydrogen) atoms. The Hall–Kier alpha value is -4.05. The number of rotatable bonds is 6. The minimum absolute atomic E-state index is 0.0717. The third-order valence-corrected chi connectivity index (χ3v) is 6.30. The van der Waals surface area contributed by atoms with Crippen molar-refractivity contribution in [1.29, 1.82) is 0 Å². The van der Waals surface area contributed by atoms with E-state index in [9.17, 15) is 19.7 Å². The number of benzene rings is 2. The predicted molar refractivity (Wildman–Crippen MR) is 126 cm³/mol. The zero-order valence-electron chi connectivity index (χ0n) is 18.7. The van der Waals surface area contributed by atoms with Gasteiger partial charge < -0.3 is 9.47 Å². The number of carbonyl (C=O) groups excluding carboxylic acids is 1. The van der Waals surface area contributed by atoms with Gasteiger partial charge in [0.1, 0.15) is 5.75 Å². The van der Waals surface area contributed by atoms with Crippen LogP contribution in [-0.4, -0.2) is 29.2 Å². The van der Waals surface area contributed by atoms with Gasteiger partial charge in [-0.05, 0) is 43.2 Å². The van der Waals surface area contributed by atoms with Crippen molar-refractivity contribution in [2.24, 2.45) is 4.99 Å². The van der Waals surface area contributed by atoms with Crippen LogP contribution in [0.25, 0.3) is 6.08 Å². The maximum absolute atomic E-state index is 13.5. The highest BCUT2D eigenvalue weighted by atomic mass is 32.1. The van der Waals surface area contributed by atoms with Gasteiger partial charge in [-0.25, -0.2) is 9.79 Å². The molecule has 1 unspecified atom stereocenters. The number of hydrogen-bond acceptors (Lipinski definition) is 8. The molecule has 0 fully saturated rings. The molecule has 9 nitrogen and oxygen atoms in total. The predicted octanol–water partition coefficient (Wildman–Crippen LogP) is 2.72. The lowest BCUT2D eigenvalue weighted by Crippen LogP contribution is -2.39. The first-order chi connectivity index (χ1) is 16.3. The number of non-ortho nitro benzene ring substituents is 1. The Morgan fingerprint density at radius 2 is 2.00 bits per heavy atom. The van der Waals surface area contributed by atoms with Crippen molar-refractivity contribution in [2.75, 3.05) is 13.7 Å². The number of ether oxygens (including phenoxy) is 2. The zero-order valence-corrected chi connectivity index (χ0v) is 19.5. The fraction of sp³-hybridized carbons (Fsp3) is 0.208. The van der Waals surface area contributed by atoms with Crippen molar-refractivity contribution >= 4 is 29.1 Å². The van der Waals surface area contributed by atoms with Gasteiger partial charge >= 0.3 is 5.97 Å². The monoisotopic (exact) mass is 479 g/mol. The van der Waals surface area contributed by atoms with Crippen molar-refractivity contribution < 1.29 is 19.2 Å². The molecule has 0 radical (unpaired) electrons. The van der Waals surface area contributed by atoms with Crippen molar-refractivity contribution in [3.8, 4) is 5.75 Å². The Morgan fingerprint density at radius 3 is 2.65 bits per heavy atom. The van der Waals surface area contributed by atoms with Crippen LogP contribution in [0.2, 0.25) is 0 Å². The van der Waals surface area contributed by atoms with E-state index in [0.717, 1.165) is 11.3 Å². The largest absolute Gasteiger partial charge is 0.494 e. The Kier molecular flexibility index (Phi) is 6.42. The Morgan fingerprint density at radius 1 is 1.26 bits per heavy atom. The summed E-state index contributed by atoms with van der Waals surface area (Å²) in [7, 11) is 1.28. The fourth-order valence-electron chi connectivity index (χ4n) is 3.80. The lowest BCUT2D eigenvalue weighted by atomic mass is 9.96. The van der Waals surface area contributed by atoms with Crippen LogP contribution in [0, 0.1) is 10.1 Å². The fourth-order valence-corrected chi connectivity index (χ4v) is 4.85. The summed E-state index contributed by atoms with van der Waals surface area (Å²) >= 11 is 1.15. The summed E-state index contributed by atoms with van der Waals surface area (Å²) in [5.41, 5.74) is 1.50. The number of nitro groups is 1.